The Bertz CT molecular complexity index is 578. The minimum absolute atomic E-state index is 0.0376. The average molecular weight is 260 g/mol. The molecule has 0 aliphatic heterocycles. The Morgan fingerprint density at radius 2 is 2.16 bits per heavy atom. The molecule has 2 rings (SSSR count). The Balaban J connectivity index is 2.05. The minimum Gasteiger partial charge on any atom is -0.478 e. The maximum absolute atomic E-state index is 11.9. The number of rotatable bonds is 4. The van der Waals surface area contributed by atoms with Crippen molar-refractivity contribution in [2.24, 2.45) is 0 Å². The van der Waals surface area contributed by atoms with E-state index in [1.807, 2.05) is 0 Å². The van der Waals surface area contributed by atoms with Gasteiger partial charge in [0.05, 0.1) is 11.6 Å². The first-order valence-corrected chi connectivity index (χ1v) is 5.57. The van der Waals surface area contributed by atoms with Crippen LogP contribution in [0.15, 0.2) is 30.7 Å². The first-order chi connectivity index (χ1) is 9.08. The van der Waals surface area contributed by atoms with E-state index in [1.165, 1.54) is 12.1 Å². The maximum Gasteiger partial charge on any atom is 0.337 e. The smallest absolute Gasteiger partial charge is 0.337 e. The van der Waals surface area contributed by atoms with Gasteiger partial charge in [-0.3, -0.25) is 9.78 Å². The number of pyridine rings is 1. The van der Waals surface area contributed by atoms with E-state index in [4.69, 9.17) is 5.11 Å². The summed E-state index contributed by atoms with van der Waals surface area (Å²) in [5.74, 6) is -0.834. The molecule has 0 aliphatic carbocycles. The molecule has 19 heavy (non-hydrogen) atoms. The van der Waals surface area contributed by atoms with Gasteiger partial charge in [0.1, 0.15) is 11.5 Å². The molecule has 0 aromatic carbocycles. The number of carbonyl (C=O) groups excluding carboxylic acids is 1. The van der Waals surface area contributed by atoms with E-state index in [9.17, 15) is 9.59 Å². The molecule has 1 amide bonds. The van der Waals surface area contributed by atoms with E-state index in [0.29, 0.717) is 5.82 Å². The molecule has 0 aliphatic rings. The van der Waals surface area contributed by atoms with E-state index < -0.39 is 5.97 Å². The first-order valence-electron chi connectivity index (χ1n) is 5.57. The summed E-state index contributed by atoms with van der Waals surface area (Å²) >= 11 is 0. The van der Waals surface area contributed by atoms with Crippen molar-refractivity contribution in [2.45, 2.75) is 13.0 Å². The third kappa shape index (κ3) is 2.95. The first kappa shape index (κ1) is 12.7. The lowest BCUT2D eigenvalue weighted by Crippen LogP contribution is -2.28. The van der Waals surface area contributed by atoms with Crippen LogP contribution in [-0.2, 0) is 0 Å². The highest BCUT2D eigenvalue weighted by Crippen LogP contribution is 2.07. The SMILES string of the molecule is CC(NC(=O)c1ccc(C(=O)O)cn1)c1ncc[nH]1. The molecule has 7 nitrogen and oxygen atoms in total. The Morgan fingerprint density at radius 3 is 2.68 bits per heavy atom. The van der Waals surface area contributed by atoms with Gasteiger partial charge in [0.15, 0.2) is 0 Å². The molecule has 1 atom stereocenters. The summed E-state index contributed by atoms with van der Waals surface area (Å²) in [6, 6.07) is 2.42. The molecule has 2 aromatic heterocycles. The number of hydrogen-bond acceptors (Lipinski definition) is 4. The number of imidazole rings is 1. The van der Waals surface area contributed by atoms with Crippen molar-refractivity contribution in [1.82, 2.24) is 20.3 Å². The lowest BCUT2D eigenvalue weighted by Gasteiger charge is -2.10. The van der Waals surface area contributed by atoms with Gasteiger partial charge in [-0.2, -0.15) is 0 Å². The van der Waals surface area contributed by atoms with Gasteiger partial charge in [-0.25, -0.2) is 9.78 Å². The topological polar surface area (TPSA) is 108 Å². The van der Waals surface area contributed by atoms with Crippen molar-refractivity contribution in [2.75, 3.05) is 0 Å². The van der Waals surface area contributed by atoms with Crippen LogP contribution >= 0.6 is 0 Å². The number of carbonyl (C=O) groups is 2. The standard InChI is InChI=1S/C12H12N4O3/c1-7(10-13-4-5-14-10)16-11(17)9-3-2-8(6-15-9)12(18)19/h2-7H,1H3,(H,13,14)(H,16,17)(H,18,19). The van der Waals surface area contributed by atoms with Crippen LogP contribution in [0.25, 0.3) is 0 Å². The zero-order chi connectivity index (χ0) is 13.8. The number of nitrogens with zero attached hydrogens (tertiary/aromatic N) is 2. The van der Waals surface area contributed by atoms with Gasteiger partial charge in [-0.05, 0) is 19.1 Å². The number of carboxylic acid groups (broad SMARTS) is 1. The second-order valence-electron chi connectivity index (χ2n) is 3.91. The van der Waals surface area contributed by atoms with Crippen LogP contribution in [0.2, 0.25) is 0 Å². The average Bonchev–Trinajstić information content (AvgIpc) is 2.92. The van der Waals surface area contributed by atoms with Crippen LogP contribution in [-0.4, -0.2) is 31.9 Å². The van der Waals surface area contributed by atoms with Crippen molar-refractivity contribution in [1.29, 1.82) is 0 Å². The van der Waals surface area contributed by atoms with Crippen LogP contribution in [0.5, 0.6) is 0 Å². The van der Waals surface area contributed by atoms with Gasteiger partial charge in [-0.15, -0.1) is 0 Å². The molecule has 98 valence electrons. The van der Waals surface area contributed by atoms with Gasteiger partial charge in [-0.1, -0.05) is 0 Å². The molecule has 3 N–H and O–H groups in total. The van der Waals surface area contributed by atoms with Crippen LogP contribution in [0.4, 0.5) is 0 Å². The molecule has 0 radical (unpaired) electrons. The molecular weight excluding hydrogens is 248 g/mol. The van der Waals surface area contributed by atoms with Gasteiger partial charge in [0.2, 0.25) is 0 Å². The summed E-state index contributed by atoms with van der Waals surface area (Å²) in [5, 5.41) is 11.4. The molecule has 0 spiro atoms. The number of aromatic amines is 1. The number of aromatic nitrogens is 3. The third-order valence-corrected chi connectivity index (χ3v) is 2.52. The quantitative estimate of drug-likeness (QED) is 0.759. The molecular formula is C12H12N4O3. The molecule has 2 aromatic rings. The highest BCUT2D eigenvalue weighted by atomic mass is 16.4. The van der Waals surface area contributed by atoms with E-state index in [1.54, 1.807) is 19.3 Å². The highest BCUT2D eigenvalue weighted by Gasteiger charge is 2.14. The minimum atomic E-state index is -1.08. The van der Waals surface area contributed by atoms with Crippen LogP contribution in [0, 0.1) is 0 Å². The van der Waals surface area contributed by atoms with Gasteiger partial charge < -0.3 is 15.4 Å². The van der Waals surface area contributed by atoms with Crippen molar-refractivity contribution in [3.63, 3.8) is 0 Å². The Labute approximate surface area is 108 Å². The Morgan fingerprint density at radius 1 is 1.37 bits per heavy atom. The summed E-state index contributed by atoms with van der Waals surface area (Å²) in [6.07, 6.45) is 4.41. The summed E-state index contributed by atoms with van der Waals surface area (Å²) in [7, 11) is 0. The van der Waals surface area contributed by atoms with E-state index in [-0.39, 0.29) is 23.2 Å². The number of aromatic carboxylic acids is 1. The number of H-pyrrole nitrogens is 1. The summed E-state index contributed by atoms with van der Waals surface area (Å²) in [4.78, 5) is 33.3. The molecule has 1 unspecified atom stereocenters. The van der Waals surface area contributed by atoms with Crippen molar-refractivity contribution in [3.8, 4) is 0 Å². The van der Waals surface area contributed by atoms with Gasteiger partial charge in [0, 0.05) is 18.6 Å². The summed E-state index contributed by atoms with van der Waals surface area (Å²) < 4.78 is 0. The zero-order valence-electron chi connectivity index (χ0n) is 10.1. The summed E-state index contributed by atoms with van der Waals surface area (Å²) in [5.41, 5.74) is 0.194. The largest absolute Gasteiger partial charge is 0.478 e. The lowest BCUT2D eigenvalue weighted by atomic mass is 10.2. The highest BCUT2D eigenvalue weighted by molar-refractivity contribution is 5.93. The number of nitrogens with one attached hydrogen (secondary N) is 2. The monoisotopic (exact) mass is 260 g/mol. The molecule has 0 bridgehead atoms. The van der Waals surface area contributed by atoms with Crippen molar-refractivity contribution < 1.29 is 14.7 Å². The maximum atomic E-state index is 11.9. The molecule has 0 saturated carbocycles. The number of hydrogen-bond donors (Lipinski definition) is 3. The zero-order valence-corrected chi connectivity index (χ0v) is 10.1. The fourth-order valence-electron chi connectivity index (χ4n) is 1.51. The second-order valence-corrected chi connectivity index (χ2v) is 3.91. The normalized spacial score (nSPS) is 11.8. The fraction of sp³-hybridized carbons (Fsp3) is 0.167. The van der Waals surface area contributed by atoms with E-state index >= 15 is 0 Å². The second kappa shape index (κ2) is 5.30. The third-order valence-electron chi connectivity index (χ3n) is 2.52. The van der Waals surface area contributed by atoms with Crippen LogP contribution in [0.1, 0.15) is 39.6 Å². The molecule has 0 fully saturated rings. The van der Waals surface area contributed by atoms with E-state index in [0.717, 1.165) is 6.20 Å². The van der Waals surface area contributed by atoms with Crippen molar-refractivity contribution in [3.05, 3.63) is 47.8 Å². The van der Waals surface area contributed by atoms with Crippen molar-refractivity contribution >= 4 is 11.9 Å². The summed E-state index contributed by atoms with van der Waals surface area (Å²) in [6.45, 7) is 1.78. The molecule has 7 heteroatoms. The van der Waals surface area contributed by atoms with E-state index in [2.05, 4.69) is 20.3 Å². The predicted molar refractivity (Wildman–Crippen MR) is 65.7 cm³/mol. The molecule has 2 heterocycles. The number of amides is 1. The van der Waals surface area contributed by atoms with Gasteiger partial charge >= 0.3 is 5.97 Å². The van der Waals surface area contributed by atoms with Crippen LogP contribution < -0.4 is 5.32 Å². The number of carboxylic acids is 1. The molecule has 0 saturated heterocycles. The van der Waals surface area contributed by atoms with Crippen LogP contribution in [0.3, 0.4) is 0 Å². The fourth-order valence-corrected chi connectivity index (χ4v) is 1.51. The Hall–Kier alpha value is -2.70. The lowest BCUT2D eigenvalue weighted by molar-refractivity contribution is 0.0695. The predicted octanol–water partition coefficient (Wildman–Crippen LogP) is 0.994. The van der Waals surface area contributed by atoms with Gasteiger partial charge in [0.25, 0.3) is 5.91 Å². The Kier molecular flexibility index (Phi) is 3.56.